The van der Waals surface area contributed by atoms with E-state index in [0.29, 0.717) is 19.6 Å². The molecule has 2 heterocycles. The van der Waals surface area contributed by atoms with Crippen molar-refractivity contribution in [2.45, 2.75) is 12.6 Å². The van der Waals surface area contributed by atoms with E-state index in [1.807, 2.05) is 17.8 Å². The standard InChI is InChI=1S/C18H23FN6O2.ClH/c1-24-8-7-21-17(24)15-11-20-6-9-25(15)16(26)12-23-18(27)22-10-13-2-4-14(19)5-3-13;/h2-5,7-8,15,20H,6,9-12H2,1H3,(H2,22,23,27);1H. The van der Waals surface area contributed by atoms with Crippen LogP contribution in [0.2, 0.25) is 0 Å². The SMILES string of the molecule is Cl.Cn1ccnc1C1CNCCN1C(=O)CNC(=O)NCc1ccc(F)cc1. The molecule has 0 radical (unpaired) electrons. The largest absolute Gasteiger partial charge is 0.336 e. The zero-order valence-corrected chi connectivity index (χ0v) is 16.3. The van der Waals surface area contributed by atoms with Gasteiger partial charge in [-0.2, -0.15) is 0 Å². The summed E-state index contributed by atoms with van der Waals surface area (Å²) >= 11 is 0. The van der Waals surface area contributed by atoms with E-state index < -0.39 is 6.03 Å². The summed E-state index contributed by atoms with van der Waals surface area (Å²) in [5.74, 6) is 0.310. The normalized spacial score (nSPS) is 16.2. The number of hydrogen-bond donors (Lipinski definition) is 3. The summed E-state index contributed by atoms with van der Waals surface area (Å²) in [6.07, 6.45) is 3.54. The molecule has 1 aliphatic rings. The highest BCUT2D eigenvalue weighted by Gasteiger charge is 2.30. The third-order valence-electron chi connectivity index (χ3n) is 4.49. The van der Waals surface area contributed by atoms with Crippen molar-refractivity contribution in [3.63, 3.8) is 0 Å². The van der Waals surface area contributed by atoms with Crippen molar-refractivity contribution < 1.29 is 14.0 Å². The predicted octanol–water partition coefficient (Wildman–Crippen LogP) is 0.953. The monoisotopic (exact) mass is 410 g/mol. The average Bonchev–Trinajstić information content (AvgIpc) is 3.11. The first kappa shape index (κ1) is 21.6. The molecule has 0 saturated carbocycles. The number of aryl methyl sites for hydroxylation is 1. The summed E-state index contributed by atoms with van der Waals surface area (Å²) in [5.41, 5.74) is 0.773. The quantitative estimate of drug-likeness (QED) is 0.684. The first-order valence-corrected chi connectivity index (χ1v) is 8.78. The second-order valence-electron chi connectivity index (χ2n) is 6.37. The lowest BCUT2D eigenvalue weighted by molar-refractivity contribution is -0.133. The number of rotatable bonds is 5. The number of amides is 3. The first-order valence-electron chi connectivity index (χ1n) is 8.78. The molecule has 3 rings (SSSR count). The lowest BCUT2D eigenvalue weighted by atomic mass is 10.1. The molecule has 0 spiro atoms. The fourth-order valence-corrected chi connectivity index (χ4v) is 3.04. The highest BCUT2D eigenvalue weighted by atomic mass is 35.5. The smallest absolute Gasteiger partial charge is 0.315 e. The van der Waals surface area contributed by atoms with Gasteiger partial charge in [-0.3, -0.25) is 4.79 Å². The molecule has 1 atom stereocenters. The Kier molecular flexibility index (Phi) is 7.77. The van der Waals surface area contributed by atoms with Gasteiger partial charge in [-0.25, -0.2) is 14.2 Å². The number of urea groups is 1. The maximum Gasteiger partial charge on any atom is 0.315 e. The number of benzene rings is 1. The first-order chi connectivity index (χ1) is 13.0. The maximum absolute atomic E-state index is 12.9. The van der Waals surface area contributed by atoms with Gasteiger partial charge in [0.2, 0.25) is 5.91 Å². The van der Waals surface area contributed by atoms with Crippen LogP contribution in [0, 0.1) is 5.82 Å². The molecule has 1 saturated heterocycles. The number of halogens is 2. The number of aromatic nitrogens is 2. The highest BCUT2D eigenvalue weighted by Crippen LogP contribution is 2.20. The Morgan fingerprint density at radius 3 is 2.71 bits per heavy atom. The predicted molar refractivity (Wildman–Crippen MR) is 104 cm³/mol. The molecule has 2 aromatic rings. The van der Waals surface area contributed by atoms with Gasteiger partial charge in [0, 0.05) is 45.6 Å². The summed E-state index contributed by atoms with van der Waals surface area (Å²) < 4.78 is 14.8. The third kappa shape index (κ3) is 5.43. The van der Waals surface area contributed by atoms with Crippen molar-refractivity contribution >= 4 is 24.3 Å². The number of piperazine rings is 1. The second-order valence-corrected chi connectivity index (χ2v) is 6.37. The number of nitrogens with one attached hydrogen (secondary N) is 3. The molecule has 8 nitrogen and oxygen atoms in total. The van der Waals surface area contributed by atoms with Crippen LogP contribution in [-0.2, 0) is 18.4 Å². The molecule has 10 heteroatoms. The van der Waals surface area contributed by atoms with Crippen molar-refractivity contribution in [2.24, 2.45) is 7.05 Å². The van der Waals surface area contributed by atoms with E-state index in [4.69, 9.17) is 0 Å². The Hall–Kier alpha value is -2.65. The number of imidazole rings is 1. The van der Waals surface area contributed by atoms with Crippen molar-refractivity contribution in [2.75, 3.05) is 26.2 Å². The van der Waals surface area contributed by atoms with Gasteiger partial charge in [0.05, 0.1) is 6.54 Å². The lowest BCUT2D eigenvalue weighted by Gasteiger charge is -2.35. The fourth-order valence-electron chi connectivity index (χ4n) is 3.04. The molecule has 3 N–H and O–H groups in total. The van der Waals surface area contributed by atoms with Gasteiger partial charge in [0.1, 0.15) is 17.7 Å². The average molecular weight is 411 g/mol. The van der Waals surface area contributed by atoms with E-state index in [-0.39, 0.29) is 43.3 Å². The van der Waals surface area contributed by atoms with Gasteiger partial charge in [-0.1, -0.05) is 12.1 Å². The molecule has 152 valence electrons. The van der Waals surface area contributed by atoms with Crippen molar-refractivity contribution in [1.82, 2.24) is 30.4 Å². The van der Waals surface area contributed by atoms with E-state index in [0.717, 1.165) is 11.4 Å². The molecule has 1 fully saturated rings. The summed E-state index contributed by atoms with van der Waals surface area (Å²) in [4.78, 5) is 30.6. The van der Waals surface area contributed by atoms with Crippen molar-refractivity contribution in [3.05, 3.63) is 53.9 Å². The minimum atomic E-state index is -0.448. The topological polar surface area (TPSA) is 91.3 Å². The Balaban J connectivity index is 0.00000280. The number of carbonyl (C=O) groups excluding carboxylic acids is 2. The Labute approximate surface area is 168 Å². The number of carbonyl (C=O) groups is 2. The zero-order chi connectivity index (χ0) is 19.2. The van der Waals surface area contributed by atoms with E-state index in [2.05, 4.69) is 20.9 Å². The number of hydrogen-bond acceptors (Lipinski definition) is 4. The van der Waals surface area contributed by atoms with Crippen LogP contribution in [0.5, 0.6) is 0 Å². The molecule has 3 amide bonds. The highest BCUT2D eigenvalue weighted by molar-refractivity contribution is 5.85. The van der Waals surface area contributed by atoms with Crippen LogP contribution in [0.4, 0.5) is 9.18 Å². The summed E-state index contributed by atoms with van der Waals surface area (Å²) in [6, 6.07) is 5.24. The Morgan fingerprint density at radius 1 is 1.29 bits per heavy atom. The molecule has 0 bridgehead atoms. The molecule has 1 aromatic carbocycles. The Morgan fingerprint density at radius 2 is 2.04 bits per heavy atom. The molecule has 1 aliphatic heterocycles. The summed E-state index contributed by atoms with van der Waals surface area (Å²) in [6.45, 7) is 2.02. The van der Waals surface area contributed by atoms with Crippen molar-refractivity contribution in [1.29, 1.82) is 0 Å². The fraction of sp³-hybridized carbons (Fsp3) is 0.389. The van der Waals surface area contributed by atoms with Gasteiger partial charge in [0.25, 0.3) is 0 Å². The van der Waals surface area contributed by atoms with Gasteiger partial charge in [0.15, 0.2) is 0 Å². The maximum atomic E-state index is 12.9. The van der Waals surface area contributed by atoms with Gasteiger partial charge >= 0.3 is 6.03 Å². The molecule has 28 heavy (non-hydrogen) atoms. The minimum absolute atomic E-state index is 0. The second kappa shape index (κ2) is 10.0. The Bertz CT molecular complexity index is 798. The van der Waals surface area contributed by atoms with Crippen LogP contribution in [0.1, 0.15) is 17.4 Å². The van der Waals surface area contributed by atoms with Crippen LogP contribution in [0.3, 0.4) is 0 Å². The van der Waals surface area contributed by atoms with E-state index in [1.165, 1.54) is 12.1 Å². The van der Waals surface area contributed by atoms with E-state index in [9.17, 15) is 14.0 Å². The third-order valence-corrected chi connectivity index (χ3v) is 4.49. The minimum Gasteiger partial charge on any atom is -0.336 e. The van der Waals surface area contributed by atoms with Gasteiger partial charge < -0.3 is 25.4 Å². The summed E-state index contributed by atoms with van der Waals surface area (Å²) in [7, 11) is 1.89. The molecule has 0 aliphatic carbocycles. The van der Waals surface area contributed by atoms with Crippen LogP contribution in [-0.4, -0.2) is 52.6 Å². The van der Waals surface area contributed by atoms with Crippen LogP contribution >= 0.6 is 12.4 Å². The van der Waals surface area contributed by atoms with Crippen molar-refractivity contribution in [3.8, 4) is 0 Å². The van der Waals surface area contributed by atoms with E-state index in [1.54, 1.807) is 23.2 Å². The molecular weight excluding hydrogens is 387 g/mol. The van der Waals surface area contributed by atoms with Crippen LogP contribution in [0.25, 0.3) is 0 Å². The molecule has 1 aromatic heterocycles. The molecule has 1 unspecified atom stereocenters. The molecular formula is C18H24ClFN6O2. The van der Waals surface area contributed by atoms with Gasteiger partial charge in [-0.15, -0.1) is 12.4 Å². The van der Waals surface area contributed by atoms with Gasteiger partial charge in [-0.05, 0) is 17.7 Å². The zero-order valence-electron chi connectivity index (χ0n) is 15.5. The van der Waals surface area contributed by atoms with Crippen LogP contribution in [0.15, 0.2) is 36.7 Å². The lowest BCUT2D eigenvalue weighted by Crippen LogP contribution is -2.52. The van der Waals surface area contributed by atoms with Crippen LogP contribution < -0.4 is 16.0 Å². The number of nitrogens with zero attached hydrogens (tertiary/aromatic N) is 3. The van der Waals surface area contributed by atoms with E-state index >= 15 is 0 Å². The summed E-state index contributed by atoms with van der Waals surface area (Å²) in [5, 5.41) is 8.50.